The van der Waals surface area contributed by atoms with Crippen molar-refractivity contribution in [2.45, 2.75) is 6.54 Å². The highest BCUT2D eigenvalue weighted by atomic mass is 19.2. The number of nitrogens with zero attached hydrogens (tertiary/aromatic N) is 4. The summed E-state index contributed by atoms with van der Waals surface area (Å²) in [7, 11) is 0. The summed E-state index contributed by atoms with van der Waals surface area (Å²) in [6.07, 6.45) is 4.87. The van der Waals surface area contributed by atoms with Crippen molar-refractivity contribution in [1.82, 2.24) is 20.2 Å². The maximum Gasteiger partial charge on any atom is 0.249 e. The van der Waals surface area contributed by atoms with Crippen molar-refractivity contribution in [2.24, 2.45) is 0 Å². The Morgan fingerprint density at radius 2 is 1.83 bits per heavy atom. The van der Waals surface area contributed by atoms with Crippen LogP contribution in [-0.2, 0) is 6.54 Å². The molecule has 0 saturated heterocycles. The van der Waals surface area contributed by atoms with Crippen molar-refractivity contribution >= 4 is 17.5 Å². The zero-order valence-corrected chi connectivity index (χ0v) is 11.9. The van der Waals surface area contributed by atoms with Crippen molar-refractivity contribution in [3.05, 3.63) is 66.1 Å². The highest BCUT2D eigenvalue weighted by Crippen LogP contribution is 2.17. The van der Waals surface area contributed by atoms with E-state index in [9.17, 15) is 8.78 Å². The molecule has 6 nitrogen and oxygen atoms in total. The molecule has 0 radical (unpaired) electrons. The smallest absolute Gasteiger partial charge is 0.249 e. The molecule has 0 aliphatic heterocycles. The normalized spacial score (nSPS) is 10.3. The van der Waals surface area contributed by atoms with Crippen LogP contribution in [-0.4, -0.2) is 20.2 Å². The Morgan fingerprint density at radius 3 is 2.61 bits per heavy atom. The number of nitrogens with one attached hydrogen (secondary N) is 2. The van der Waals surface area contributed by atoms with E-state index in [0.29, 0.717) is 18.1 Å². The van der Waals surface area contributed by atoms with Crippen molar-refractivity contribution < 1.29 is 8.78 Å². The molecule has 0 aliphatic rings. The van der Waals surface area contributed by atoms with E-state index in [4.69, 9.17) is 0 Å². The highest BCUT2D eigenvalue weighted by Gasteiger charge is 2.05. The van der Waals surface area contributed by atoms with E-state index in [2.05, 4.69) is 30.8 Å². The lowest BCUT2D eigenvalue weighted by Gasteiger charge is -2.08. The molecule has 3 aromatic rings. The third-order valence-corrected chi connectivity index (χ3v) is 2.96. The minimum atomic E-state index is -0.949. The highest BCUT2D eigenvalue weighted by molar-refractivity contribution is 5.54. The number of anilines is 3. The Balaban J connectivity index is 1.68. The van der Waals surface area contributed by atoms with Gasteiger partial charge in [-0.2, -0.15) is 10.1 Å². The average molecular weight is 314 g/mol. The molecule has 3 rings (SSSR count). The van der Waals surface area contributed by atoms with Gasteiger partial charge in [-0.3, -0.25) is 4.98 Å². The van der Waals surface area contributed by atoms with Crippen molar-refractivity contribution in [1.29, 1.82) is 0 Å². The number of benzene rings is 1. The van der Waals surface area contributed by atoms with Crippen LogP contribution in [0.3, 0.4) is 0 Å². The van der Waals surface area contributed by atoms with Gasteiger partial charge in [0.2, 0.25) is 5.95 Å². The molecule has 2 heterocycles. The largest absolute Gasteiger partial charge is 0.365 e. The van der Waals surface area contributed by atoms with Gasteiger partial charge in [0.1, 0.15) is 0 Å². The fourth-order valence-electron chi connectivity index (χ4n) is 1.84. The van der Waals surface area contributed by atoms with E-state index in [1.54, 1.807) is 12.4 Å². The van der Waals surface area contributed by atoms with Gasteiger partial charge >= 0.3 is 0 Å². The quantitative estimate of drug-likeness (QED) is 0.754. The predicted octanol–water partition coefficient (Wildman–Crippen LogP) is 2.90. The molecule has 2 N–H and O–H groups in total. The van der Waals surface area contributed by atoms with Gasteiger partial charge in [-0.15, -0.1) is 5.10 Å². The molecular weight excluding hydrogens is 302 g/mol. The second-order valence-electron chi connectivity index (χ2n) is 4.63. The number of hydrogen-bond donors (Lipinski definition) is 2. The Hall–Kier alpha value is -3.16. The maximum absolute atomic E-state index is 13.2. The molecule has 0 fully saturated rings. The molecule has 0 saturated carbocycles. The summed E-state index contributed by atoms with van der Waals surface area (Å²) in [6.45, 7) is 0.547. The molecule has 0 spiro atoms. The van der Waals surface area contributed by atoms with Crippen LogP contribution in [0.4, 0.5) is 26.2 Å². The van der Waals surface area contributed by atoms with Crippen LogP contribution < -0.4 is 10.6 Å². The van der Waals surface area contributed by atoms with Crippen molar-refractivity contribution in [3.8, 4) is 0 Å². The lowest BCUT2D eigenvalue weighted by molar-refractivity contribution is 0.509. The topological polar surface area (TPSA) is 75.6 Å². The fraction of sp³-hybridized carbons (Fsp3) is 0.0667. The van der Waals surface area contributed by atoms with E-state index >= 15 is 0 Å². The number of hydrogen-bond acceptors (Lipinski definition) is 6. The van der Waals surface area contributed by atoms with Crippen LogP contribution in [0, 0.1) is 11.6 Å². The molecule has 1 aromatic carbocycles. The lowest BCUT2D eigenvalue weighted by Crippen LogP contribution is -2.05. The second kappa shape index (κ2) is 6.73. The van der Waals surface area contributed by atoms with Crippen LogP contribution in [0.2, 0.25) is 0 Å². The molecule has 23 heavy (non-hydrogen) atoms. The van der Waals surface area contributed by atoms with Crippen LogP contribution in [0.1, 0.15) is 5.56 Å². The van der Waals surface area contributed by atoms with Crippen LogP contribution in [0.25, 0.3) is 0 Å². The van der Waals surface area contributed by atoms with Gasteiger partial charge in [-0.05, 0) is 29.8 Å². The van der Waals surface area contributed by atoms with Crippen LogP contribution >= 0.6 is 0 Å². The van der Waals surface area contributed by atoms with E-state index in [1.807, 2.05) is 12.1 Å². The summed E-state index contributed by atoms with van der Waals surface area (Å²) in [5.74, 6) is -1.19. The first kappa shape index (κ1) is 14.8. The predicted molar refractivity (Wildman–Crippen MR) is 81.0 cm³/mol. The maximum atomic E-state index is 13.2. The van der Waals surface area contributed by atoms with E-state index in [0.717, 1.165) is 17.7 Å². The Bertz CT molecular complexity index is 797. The second-order valence-corrected chi connectivity index (χ2v) is 4.63. The molecule has 0 unspecified atom stereocenters. The minimum absolute atomic E-state index is 0.177. The van der Waals surface area contributed by atoms with Crippen molar-refractivity contribution in [3.63, 3.8) is 0 Å². The third-order valence-electron chi connectivity index (χ3n) is 2.96. The first-order chi connectivity index (χ1) is 11.2. The first-order valence-corrected chi connectivity index (χ1v) is 6.75. The minimum Gasteiger partial charge on any atom is -0.365 e. The molecule has 0 bridgehead atoms. The van der Waals surface area contributed by atoms with Gasteiger partial charge in [0.25, 0.3) is 0 Å². The van der Waals surface area contributed by atoms with Gasteiger partial charge in [0.05, 0.1) is 6.20 Å². The standard InChI is InChI=1S/C15H12F2N6/c16-12-2-1-11(7-13(12)17)21-15-22-14(9-20-23-15)19-8-10-3-5-18-6-4-10/h1-7,9H,8H2,(H2,19,21,22,23). The zero-order valence-electron chi connectivity index (χ0n) is 11.9. The summed E-state index contributed by atoms with van der Waals surface area (Å²) in [4.78, 5) is 8.15. The Kier molecular flexibility index (Phi) is 4.32. The van der Waals surface area contributed by atoms with Crippen molar-refractivity contribution in [2.75, 3.05) is 10.6 Å². The van der Waals surface area contributed by atoms with Gasteiger partial charge in [0, 0.05) is 30.7 Å². The van der Waals surface area contributed by atoms with Crippen LogP contribution in [0.15, 0.2) is 48.9 Å². The molecule has 0 amide bonds. The van der Waals surface area contributed by atoms with E-state index in [1.165, 1.54) is 12.3 Å². The van der Waals surface area contributed by atoms with Crippen LogP contribution in [0.5, 0.6) is 0 Å². The van der Waals surface area contributed by atoms with E-state index < -0.39 is 11.6 Å². The summed E-state index contributed by atoms with van der Waals surface area (Å²) in [6, 6.07) is 7.19. The molecular formula is C15H12F2N6. The number of aromatic nitrogens is 4. The average Bonchev–Trinajstić information content (AvgIpc) is 2.58. The Morgan fingerprint density at radius 1 is 1.00 bits per heavy atom. The van der Waals surface area contributed by atoms with Gasteiger partial charge < -0.3 is 10.6 Å². The molecule has 0 atom stereocenters. The molecule has 116 valence electrons. The van der Waals surface area contributed by atoms with Gasteiger partial charge in [-0.1, -0.05) is 0 Å². The fourth-order valence-corrected chi connectivity index (χ4v) is 1.84. The number of rotatable bonds is 5. The van der Waals surface area contributed by atoms with Gasteiger partial charge in [-0.25, -0.2) is 8.78 Å². The summed E-state index contributed by atoms with van der Waals surface area (Å²) < 4.78 is 26.1. The summed E-state index contributed by atoms with van der Waals surface area (Å²) >= 11 is 0. The third kappa shape index (κ3) is 3.94. The summed E-state index contributed by atoms with van der Waals surface area (Å²) in [5.41, 5.74) is 1.37. The molecule has 2 aromatic heterocycles. The number of halogens is 2. The molecule has 8 heteroatoms. The number of pyridine rings is 1. The van der Waals surface area contributed by atoms with Gasteiger partial charge in [0.15, 0.2) is 17.5 Å². The summed E-state index contributed by atoms with van der Waals surface area (Å²) in [5, 5.41) is 13.5. The Labute approximate surface area is 130 Å². The first-order valence-electron chi connectivity index (χ1n) is 6.75. The SMILES string of the molecule is Fc1ccc(Nc2nncc(NCc3ccncc3)n2)cc1F. The van der Waals surface area contributed by atoms with E-state index in [-0.39, 0.29) is 5.95 Å². The lowest BCUT2D eigenvalue weighted by atomic mass is 10.3. The monoisotopic (exact) mass is 314 g/mol. The molecule has 0 aliphatic carbocycles. The zero-order chi connectivity index (χ0) is 16.1.